The van der Waals surface area contributed by atoms with E-state index in [1.54, 1.807) is 0 Å². The topological polar surface area (TPSA) is 36.0 Å². The molecule has 0 N–H and O–H groups in total. The Hall–Kier alpha value is 0.530. The fourth-order valence-electron chi connectivity index (χ4n) is 0.734. The molecule has 0 unspecified atom stereocenters. The van der Waals surface area contributed by atoms with Gasteiger partial charge >= 0.3 is 29.6 Å². The summed E-state index contributed by atoms with van der Waals surface area (Å²) in [6.07, 6.45) is 0.644. The standard InChI is InChI=1S/C7H7Cl2NO.Na/c1-2-6-4(8)3-5(9)7(11)10-6;/h3H,2H2,1H3,(H,10,11);/q;+1/p-1. The molecule has 0 aliphatic carbocycles. The van der Waals surface area contributed by atoms with Crippen molar-refractivity contribution >= 4 is 23.2 Å². The Balaban J connectivity index is 0.00000121. The molecule has 0 aliphatic heterocycles. The van der Waals surface area contributed by atoms with Crippen LogP contribution in [0.15, 0.2) is 6.07 Å². The van der Waals surface area contributed by atoms with E-state index in [4.69, 9.17) is 23.2 Å². The molecule has 0 aliphatic rings. The molecule has 12 heavy (non-hydrogen) atoms. The van der Waals surface area contributed by atoms with Crippen LogP contribution in [-0.2, 0) is 6.42 Å². The zero-order valence-corrected chi connectivity index (χ0v) is 10.4. The van der Waals surface area contributed by atoms with E-state index in [0.29, 0.717) is 17.1 Å². The third-order valence-corrected chi connectivity index (χ3v) is 1.90. The van der Waals surface area contributed by atoms with Crippen molar-refractivity contribution in [1.82, 2.24) is 4.98 Å². The first-order valence-electron chi connectivity index (χ1n) is 3.17. The van der Waals surface area contributed by atoms with Crippen molar-refractivity contribution < 1.29 is 34.7 Å². The summed E-state index contributed by atoms with van der Waals surface area (Å²) in [5.74, 6) is -0.409. The maximum Gasteiger partial charge on any atom is 1.00 e. The van der Waals surface area contributed by atoms with E-state index in [0.717, 1.165) is 0 Å². The Kier molecular flexibility index (Phi) is 5.53. The van der Waals surface area contributed by atoms with E-state index < -0.39 is 5.88 Å². The molecular formula is C7H6Cl2NNaO. The molecule has 0 aromatic carbocycles. The van der Waals surface area contributed by atoms with Crippen LogP contribution in [0.1, 0.15) is 12.6 Å². The van der Waals surface area contributed by atoms with Crippen LogP contribution < -0.4 is 34.7 Å². The fourth-order valence-corrected chi connectivity index (χ4v) is 1.23. The van der Waals surface area contributed by atoms with E-state index in [1.165, 1.54) is 6.07 Å². The summed E-state index contributed by atoms with van der Waals surface area (Å²) in [5.41, 5.74) is 0.598. The van der Waals surface area contributed by atoms with Gasteiger partial charge in [0, 0.05) is 5.88 Å². The minimum absolute atomic E-state index is 0. The second-order valence-electron chi connectivity index (χ2n) is 2.06. The Labute approximate surface area is 103 Å². The molecule has 0 spiro atoms. The van der Waals surface area contributed by atoms with Gasteiger partial charge < -0.3 is 5.11 Å². The summed E-state index contributed by atoms with van der Waals surface area (Å²) in [6.45, 7) is 1.88. The molecule has 1 rings (SSSR count). The zero-order chi connectivity index (χ0) is 8.43. The van der Waals surface area contributed by atoms with Crippen molar-refractivity contribution in [2.75, 3.05) is 0 Å². The first-order chi connectivity index (χ1) is 5.15. The number of aryl methyl sites for hydroxylation is 1. The van der Waals surface area contributed by atoms with Crippen molar-refractivity contribution in [3.05, 3.63) is 21.8 Å². The summed E-state index contributed by atoms with van der Waals surface area (Å²) in [5, 5.41) is 11.4. The van der Waals surface area contributed by atoms with Crippen LogP contribution in [0.3, 0.4) is 0 Å². The summed E-state index contributed by atoms with van der Waals surface area (Å²) >= 11 is 11.2. The van der Waals surface area contributed by atoms with Gasteiger partial charge in [-0.3, -0.25) is 4.98 Å². The van der Waals surface area contributed by atoms with E-state index in [2.05, 4.69) is 4.98 Å². The number of rotatable bonds is 1. The number of pyridine rings is 1. The van der Waals surface area contributed by atoms with Gasteiger partial charge in [-0.2, -0.15) is 0 Å². The fraction of sp³-hybridized carbons (Fsp3) is 0.286. The molecular weight excluding hydrogens is 208 g/mol. The second kappa shape index (κ2) is 5.30. The summed E-state index contributed by atoms with van der Waals surface area (Å²) in [4.78, 5) is 3.67. The SMILES string of the molecule is CCc1nc([O-])c(Cl)cc1Cl.[Na+]. The Morgan fingerprint density at radius 2 is 2.00 bits per heavy atom. The Bertz CT molecular complexity index is 280. The maximum absolute atomic E-state index is 10.8. The van der Waals surface area contributed by atoms with E-state index in [1.807, 2.05) is 6.92 Å². The molecule has 0 saturated carbocycles. The first-order valence-corrected chi connectivity index (χ1v) is 3.92. The second-order valence-corrected chi connectivity index (χ2v) is 2.87. The average Bonchev–Trinajstić information content (AvgIpc) is 1.97. The van der Waals surface area contributed by atoms with Gasteiger partial charge in [-0.1, -0.05) is 30.1 Å². The summed E-state index contributed by atoms with van der Waals surface area (Å²) in [7, 11) is 0. The minimum atomic E-state index is -0.409. The van der Waals surface area contributed by atoms with Gasteiger partial charge in [-0.05, 0) is 12.5 Å². The van der Waals surface area contributed by atoms with Crippen LogP contribution in [0.2, 0.25) is 10.0 Å². The van der Waals surface area contributed by atoms with Crippen LogP contribution in [0, 0.1) is 0 Å². The van der Waals surface area contributed by atoms with Crippen molar-refractivity contribution in [3.63, 3.8) is 0 Å². The molecule has 1 aromatic heterocycles. The molecule has 0 amide bonds. The molecule has 0 radical (unpaired) electrons. The Morgan fingerprint density at radius 3 is 2.50 bits per heavy atom. The van der Waals surface area contributed by atoms with Crippen molar-refractivity contribution in [2.24, 2.45) is 0 Å². The van der Waals surface area contributed by atoms with Crippen molar-refractivity contribution in [1.29, 1.82) is 0 Å². The van der Waals surface area contributed by atoms with Gasteiger partial charge in [0.15, 0.2) is 0 Å². The van der Waals surface area contributed by atoms with Gasteiger partial charge in [-0.25, -0.2) is 0 Å². The molecule has 60 valence electrons. The number of hydrogen-bond donors (Lipinski definition) is 0. The third-order valence-electron chi connectivity index (χ3n) is 1.30. The van der Waals surface area contributed by atoms with Crippen LogP contribution in [0.5, 0.6) is 5.88 Å². The minimum Gasteiger partial charge on any atom is -0.858 e. The predicted molar refractivity (Wildman–Crippen MR) is 43.1 cm³/mol. The first kappa shape index (κ1) is 12.5. The smallest absolute Gasteiger partial charge is 0.858 e. The quantitative estimate of drug-likeness (QED) is 0.564. The van der Waals surface area contributed by atoms with Crippen LogP contribution in [-0.4, -0.2) is 4.98 Å². The average molecular weight is 214 g/mol. The van der Waals surface area contributed by atoms with Gasteiger partial charge in [-0.15, -0.1) is 0 Å². The third kappa shape index (κ3) is 2.79. The number of aromatic nitrogens is 1. The predicted octanol–water partition coefficient (Wildman–Crippen LogP) is -0.972. The maximum atomic E-state index is 10.8. The Morgan fingerprint density at radius 1 is 1.42 bits per heavy atom. The van der Waals surface area contributed by atoms with E-state index >= 15 is 0 Å². The molecule has 1 aromatic rings. The number of hydrogen-bond acceptors (Lipinski definition) is 2. The number of nitrogens with zero attached hydrogens (tertiary/aromatic N) is 1. The molecule has 0 fully saturated rings. The molecule has 0 atom stereocenters. The zero-order valence-electron chi connectivity index (χ0n) is 6.90. The molecule has 0 saturated heterocycles. The monoisotopic (exact) mass is 213 g/mol. The molecule has 5 heteroatoms. The van der Waals surface area contributed by atoms with Gasteiger partial charge in [0.05, 0.1) is 15.7 Å². The molecule has 1 heterocycles. The largest absolute Gasteiger partial charge is 1.00 e. The van der Waals surface area contributed by atoms with Crippen molar-refractivity contribution in [2.45, 2.75) is 13.3 Å². The van der Waals surface area contributed by atoms with Gasteiger partial charge in [0.25, 0.3) is 0 Å². The van der Waals surface area contributed by atoms with E-state index in [-0.39, 0.29) is 34.6 Å². The van der Waals surface area contributed by atoms with Crippen LogP contribution in [0.4, 0.5) is 0 Å². The summed E-state index contributed by atoms with van der Waals surface area (Å²) in [6, 6.07) is 1.43. The van der Waals surface area contributed by atoms with Crippen LogP contribution in [0.25, 0.3) is 0 Å². The molecule has 0 bridgehead atoms. The summed E-state index contributed by atoms with van der Waals surface area (Å²) < 4.78 is 0. The normalized spacial score (nSPS) is 9.25. The van der Waals surface area contributed by atoms with E-state index in [9.17, 15) is 5.11 Å². The van der Waals surface area contributed by atoms with Crippen molar-refractivity contribution in [3.8, 4) is 5.88 Å². The van der Waals surface area contributed by atoms with Gasteiger partial charge in [0.1, 0.15) is 0 Å². The number of halogens is 2. The van der Waals surface area contributed by atoms with Crippen LogP contribution >= 0.6 is 23.2 Å². The van der Waals surface area contributed by atoms with Gasteiger partial charge in [0.2, 0.25) is 0 Å². The molecule has 2 nitrogen and oxygen atoms in total.